The Hall–Kier alpha value is -0.400. The van der Waals surface area contributed by atoms with E-state index in [0.29, 0.717) is 0 Å². The van der Waals surface area contributed by atoms with E-state index in [1.54, 1.807) is 34.3 Å². The van der Waals surface area contributed by atoms with Gasteiger partial charge in [0.05, 0.1) is 0 Å². The molecule has 0 radical (unpaired) electrons. The zero-order chi connectivity index (χ0) is 21.1. The van der Waals surface area contributed by atoms with E-state index < -0.39 is 20.4 Å². The predicted molar refractivity (Wildman–Crippen MR) is 131 cm³/mol. The van der Waals surface area contributed by atoms with Crippen molar-refractivity contribution in [1.29, 1.82) is 0 Å². The topological polar surface area (TPSA) is 0 Å². The normalized spacial score (nSPS) is 12.8. The average molecular weight is 563 g/mol. The number of allylic oxidation sites excluding steroid dienone is 4. The number of aryl methyl sites for hydroxylation is 2. The third-order valence-electron chi connectivity index (χ3n) is 6.80. The van der Waals surface area contributed by atoms with Crippen LogP contribution in [0.1, 0.15) is 68.2 Å². The predicted octanol–water partition coefficient (Wildman–Crippen LogP) is 1.56. The van der Waals surface area contributed by atoms with Crippen LogP contribution in [0.15, 0.2) is 51.8 Å². The van der Waals surface area contributed by atoms with Gasteiger partial charge in [-0.3, -0.25) is 0 Å². The maximum Gasteiger partial charge on any atom is -1.00 e. The molecule has 4 heteroatoms. The molecule has 0 saturated carbocycles. The summed E-state index contributed by atoms with van der Waals surface area (Å²) in [7, 11) is 0. The van der Waals surface area contributed by atoms with Crippen molar-refractivity contribution in [1.82, 2.24) is 0 Å². The third kappa shape index (κ3) is 5.80. The molecule has 0 amide bonds. The fourth-order valence-electron chi connectivity index (χ4n) is 5.22. The molecular weight excluding hydrogens is 527 g/mol. The van der Waals surface area contributed by atoms with Crippen molar-refractivity contribution < 1.29 is 45.2 Å². The van der Waals surface area contributed by atoms with E-state index >= 15 is 0 Å². The molecule has 0 bridgehead atoms. The van der Waals surface area contributed by atoms with E-state index in [0.717, 1.165) is 0 Å². The Morgan fingerprint density at radius 2 is 1.59 bits per heavy atom. The molecule has 0 aromatic heterocycles. The van der Waals surface area contributed by atoms with Crippen LogP contribution in [0.25, 0.3) is 11.1 Å². The Bertz CT molecular complexity index is 1040. The smallest absolute Gasteiger partial charge is 1.00 e. The minimum Gasteiger partial charge on any atom is -1.00 e. The van der Waals surface area contributed by atoms with Crippen molar-refractivity contribution in [3.63, 3.8) is 0 Å². The van der Waals surface area contributed by atoms with Crippen LogP contribution in [0.4, 0.5) is 0 Å². The Kier molecular flexibility index (Phi) is 11.2. The van der Waals surface area contributed by atoms with Gasteiger partial charge in [0.2, 0.25) is 0 Å². The first kappa shape index (κ1) is 27.8. The Balaban J connectivity index is 0.00000181. The summed E-state index contributed by atoms with van der Waals surface area (Å²) in [6.07, 6.45) is 15.3. The number of rotatable bonds is 8. The number of hydrogen-bond donors (Lipinski definition) is 0. The van der Waals surface area contributed by atoms with Gasteiger partial charge >= 0.3 is 193 Å². The van der Waals surface area contributed by atoms with Crippen molar-refractivity contribution in [3.8, 4) is 11.1 Å². The molecule has 0 heterocycles. The van der Waals surface area contributed by atoms with Gasteiger partial charge in [-0.25, -0.2) is 0 Å². The SMILES string of the molecule is CCCC[Si](CCCC)=[Zr+2]([C]1=CC=CC1)[c]1c(C)ccc2c1Cc1cc(C)ccc1-2.[Cl-].[Cl-]. The quantitative estimate of drug-likeness (QED) is 0.366. The molecule has 0 unspecified atom stereocenters. The summed E-state index contributed by atoms with van der Waals surface area (Å²) in [5, 5.41) is 0. The largest absolute Gasteiger partial charge is 1.00 e. The van der Waals surface area contributed by atoms with Gasteiger partial charge in [0.25, 0.3) is 0 Å². The maximum absolute atomic E-state index is 2.54. The van der Waals surface area contributed by atoms with E-state index in [1.165, 1.54) is 49.7 Å². The van der Waals surface area contributed by atoms with Crippen molar-refractivity contribution in [2.75, 3.05) is 0 Å². The minimum atomic E-state index is -1.91. The van der Waals surface area contributed by atoms with Crippen molar-refractivity contribution in [2.45, 2.75) is 78.3 Å². The van der Waals surface area contributed by atoms with Crippen molar-refractivity contribution in [2.24, 2.45) is 0 Å². The van der Waals surface area contributed by atoms with Gasteiger partial charge in [0, 0.05) is 0 Å². The molecule has 0 aliphatic heterocycles. The first-order valence-corrected chi connectivity index (χ1v) is 20.0. The fourth-order valence-corrected chi connectivity index (χ4v) is 28.4. The molecule has 0 atom stereocenters. The Labute approximate surface area is 216 Å². The number of halogens is 2. The Morgan fingerprint density at radius 1 is 0.906 bits per heavy atom. The van der Waals surface area contributed by atoms with Crippen LogP contribution in [-0.2, 0) is 26.8 Å². The van der Waals surface area contributed by atoms with Crippen LogP contribution < -0.4 is 28.1 Å². The van der Waals surface area contributed by atoms with Gasteiger partial charge in [0.15, 0.2) is 0 Å². The van der Waals surface area contributed by atoms with Gasteiger partial charge in [-0.05, 0) is 0 Å². The summed E-state index contributed by atoms with van der Waals surface area (Å²) < 4.78 is 3.79. The third-order valence-corrected chi connectivity index (χ3v) is 27.1. The van der Waals surface area contributed by atoms with Gasteiger partial charge in [-0.1, -0.05) is 0 Å². The monoisotopic (exact) mass is 560 g/mol. The zero-order valence-corrected chi connectivity index (χ0v) is 25.0. The van der Waals surface area contributed by atoms with E-state index in [9.17, 15) is 0 Å². The van der Waals surface area contributed by atoms with Crippen LogP contribution in [-0.4, -0.2) is 5.43 Å². The molecule has 2 aromatic carbocycles. The summed E-state index contributed by atoms with van der Waals surface area (Å²) in [4.78, 5) is 0. The second kappa shape index (κ2) is 12.9. The number of fused-ring (bicyclic) bond motifs is 3. The summed E-state index contributed by atoms with van der Waals surface area (Å²) in [5.41, 5.74) is 9.07. The van der Waals surface area contributed by atoms with Crippen LogP contribution in [0, 0.1) is 13.8 Å². The van der Waals surface area contributed by atoms with Crippen LogP contribution >= 0.6 is 0 Å². The molecule has 4 rings (SSSR count). The first-order valence-electron chi connectivity index (χ1n) is 11.9. The van der Waals surface area contributed by atoms with Crippen LogP contribution in [0.5, 0.6) is 0 Å². The number of unbranched alkanes of at least 4 members (excludes halogenated alkanes) is 2. The molecular formula is C28H36Cl2SiZr. The fraction of sp³-hybridized carbons (Fsp3) is 0.429. The van der Waals surface area contributed by atoms with Gasteiger partial charge in [-0.2, -0.15) is 0 Å². The summed E-state index contributed by atoms with van der Waals surface area (Å²) in [5.74, 6) is 0. The summed E-state index contributed by atoms with van der Waals surface area (Å²) >= 11 is -1.91. The molecule has 170 valence electrons. The Morgan fingerprint density at radius 3 is 2.22 bits per heavy atom. The molecule has 2 aromatic rings. The van der Waals surface area contributed by atoms with E-state index in [4.69, 9.17) is 0 Å². The molecule has 0 saturated heterocycles. The van der Waals surface area contributed by atoms with Gasteiger partial charge in [-0.15, -0.1) is 0 Å². The van der Waals surface area contributed by atoms with E-state index in [2.05, 4.69) is 76.3 Å². The second-order valence-electron chi connectivity index (χ2n) is 9.13. The minimum absolute atomic E-state index is 0. The molecule has 0 spiro atoms. The summed E-state index contributed by atoms with van der Waals surface area (Å²) in [6.45, 7) is 9.42. The molecule has 2 aliphatic carbocycles. The first-order chi connectivity index (χ1) is 14.6. The molecule has 0 fully saturated rings. The van der Waals surface area contributed by atoms with Crippen LogP contribution in [0.2, 0.25) is 12.1 Å². The standard InChI is InChI=1S/C15H13.C8H18Si.C5H5.2ClH.Zr/c1-10-3-5-14-12(7-10)9-13-8-11(2)4-6-15(13)14;1-3-5-7-9-8-6-4-2;1-2-4-5-3-1;;;/h3-7H,9H2,1-2H3;3-8H2,1-2H3;1-3H,4H2;2*1H;/q;;;;;+2/p-2. The van der Waals surface area contributed by atoms with Crippen molar-refractivity contribution in [3.05, 3.63) is 74.1 Å². The average Bonchev–Trinajstić information content (AvgIpc) is 3.38. The molecule has 2 aliphatic rings. The number of hydrogen-bond acceptors (Lipinski definition) is 0. The van der Waals surface area contributed by atoms with Crippen molar-refractivity contribution >= 4 is 8.70 Å². The molecule has 32 heavy (non-hydrogen) atoms. The molecule has 0 nitrogen and oxygen atoms in total. The van der Waals surface area contributed by atoms with E-state index in [-0.39, 0.29) is 30.2 Å². The van der Waals surface area contributed by atoms with Gasteiger partial charge < -0.3 is 24.8 Å². The molecule has 0 N–H and O–H groups in total. The second-order valence-corrected chi connectivity index (χ2v) is 24.2. The summed E-state index contributed by atoms with van der Waals surface area (Å²) in [6, 6.07) is 15.1. The number of benzene rings is 2. The van der Waals surface area contributed by atoms with E-state index in [1.807, 2.05) is 6.55 Å². The van der Waals surface area contributed by atoms with Crippen LogP contribution in [0.3, 0.4) is 0 Å². The van der Waals surface area contributed by atoms with Gasteiger partial charge in [0.1, 0.15) is 0 Å². The maximum atomic E-state index is 2.54. The zero-order valence-electron chi connectivity index (χ0n) is 20.0.